The number of carbonyl (C=O) groups excluding carboxylic acids is 1. The minimum Gasteiger partial charge on any atom is -0.345 e. The molecule has 2 N–H and O–H groups in total. The molecule has 4 heteroatoms. The van der Waals surface area contributed by atoms with Crippen molar-refractivity contribution in [2.24, 2.45) is 0 Å². The third kappa shape index (κ3) is 3.28. The molecule has 0 saturated carbocycles. The Morgan fingerprint density at radius 1 is 1.19 bits per heavy atom. The highest BCUT2D eigenvalue weighted by molar-refractivity contribution is 5.93. The van der Waals surface area contributed by atoms with E-state index < -0.39 is 0 Å². The number of hydrogen-bond acceptors (Lipinski definition) is 2. The molecule has 21 heavy (non-hydrogen) atoms. The van der Waals surface area contributed by atoms with Gasteiger partial charge in [-0.1, -0.05) is 29.8 Å². The first-order chi connectivity index (χ1) is 10.2. The number of hydrogen-bond donors (Lipinski definition) is 2. The highest BCUT2D eigenvalue weighted by atomic mass is 16.1. The number of fused-ring (bicyclic) bond motifs is 1. The quantitative estimate of drug-likeness (QED) is 0.768. The standard InChI is InChI=1S/C17H17N3O/c1-12-2-4-13(5-3-12)6-9-17(21)20-14-7-8-15-16(10-14)19-11-18-15/h2-5,7-8,10-11H,6,9H2,1H3,(H,18,19)(H,20,21). The molecule has 106 valence electrons. The van der Waals surface area contributed by atoms with Gasteiger partial charge in [0.25, 0.3) is 0 Å². The summed E-state index contributed by atoms with van der Waals surface area (Å²) in [5.74, 6) is 0.0226. The van der Waals surface area contributed by atoms with Crippen molar-refractivity contribution in [3.05, 3.63) is 59.9 Å². The van der Waals surface area contributed by atoms with Crippen LogP contribution in [0.1, 0.15) is 17.5 Å². The Balaban J connectivity index is 1.59. The molecule has 0 radical (unpaired) electrons. The molecule has 0 aliphatic carbocycles. The average Bonchev–Trinajstić information content (AvgIpc) is 2.94. The summed E-state index contributed by atoms with van der Waals surface area (Å²) in [6.45, 7) is 2.06. The van der Waals surface area contributed by atoms with E-state index in [9.17, 15) is 4.79 Å². The van der Waals surface area contributed by atoms with Crippen LogP contribution in [0.3, 0.4) is 0 Å². The second kappa shape index (κ2) is 5.79. The molecule has 4 nitrogen and oxygen atoms in total. The van der Waals surface area contributed by atoms with Gasteiger partial charge in [0.2, 0.25) is 5.91 Å². The van der Waals surface area contributed by atoms with E-state index in [0.29, 0.717) is 6.42 Å². The van der Waals surface area contributed by atoms with E-state index in [-0.39, 0.29) is 5.91 Å². The van der Waals surface area contributed by atoms with E-state index in [1.807, 2.05) is 18.2 Å². The van der Waals surface area contributed by atoms with Gasteiger partial charge in [-0.15, -0.1) is 0 Å². The Bertz CT molecular complexity index is 759. The largest absolute Gasteiger partial charge is 0.345 e. The summed E-state index contributed by atoms with van der Waals surface area (Å²) in [6, 6.07) is 13.9. The van der Waals surface area contributed by atoms with Gasteiger partial charge in [0, 0.05) is 12.1 Å². The van der Waals surface area contributed by atoms with Crippen molar-refractivity contribution >= 4 is 22.6 Å². The average molecular weight is 279 g/mol. The number of amides is 1. The van der Waals surface area contributed by atoms with Crippen LogP contribution in [0.25, 0.3) is 11.0 Å². The Morgan fingerprint density at radius 3 is 2.81 bits per heavy atom. The van der Waals surface area contributed by atoms with Crippen LogP contribution in [0.2, 0.25) is 0 Å². The molecule has 0 atom stereocenters. The van der Waals surface area contributed by atoms with E-state index in [1.54, 1.807) is 6.33 Å². The summed E-state index contributed by atoms with van der Waals surface area (Å²) in [5.41, 5.74) is 5.02. The molecule has 0 aliphatic heterocycles. The van der Waals surface area contributed by atoms with Crippen LogP contribution in [0.4, 0.5) is 5.69 Å². The van der Waals surface area contributed by atoms with Gasteiger partial charge in [-0.3, -0.25) is 4.79 Å². The number of benzene rings is 2. The zero-order valence-corrected chi connectivity index (χ0v) is 11.9. The molecular formula is C17H17N3O. The summed E-state index contributed by atoms with van der Waals surface area (Å²) in [4.78, 5) is 19.2. The number of carbonyl (C=O) groups is 1. The number of aromatic amines is 1. The number of imidazole rings is 1. The van der Waals surface area contributed by atoms with Gasteiger partial charge in [-0.05, 0) is 37.1 Å². The van der Waals surface area contributed by atoms with Crippen LogP contribution in [0.5, 0.6) is 0 Å². The number of rotatable bonds is 4. The third-order valence-electron chi connectivity index (χ3n) is 3.47. The SMILES string of the molecule is Cc1ccc(CCC(=O)Nc2ccc3nc[nH]c3c2)cc1. The van der Waals surface area contributed by atoms with Crippen molar-refractivity contribution < 1.29 is 4.79 Å². The number of aromatic nitrogens is 2. The summed E-state index contributed by atoms with van der Waals surface area (Å²) < 4.78 is 0. The van der Waals surface area contributed by atoms with Gasteiger partial charge in [-0.2, -0.15) is 0 Å². The molecular weight excluding hydrogens is 262 g/mol. The Labute approximate surface area is 123 Å². The molecule has 3 rings (SSSR count). The van der Waals surface area contributed by atoms with Gasteiger partial charge < -0.3 is 10.3 Å². The van der Waals surface area contributed by atoms with Crippen LogP contribution >= 0.6 is 0 Å². The maximum absolute atomic E-state index is 12.0. The minimum absolute atomic E-state index is 0.0226. The fourth-order valence-electron chi connectivity index (χ4n) is 2.25. The Morgan fingerprint density at radius 2 is 2.00 bits per heavy atom. The van der Waals surface area contributed by atoms with Crippen molar-refractivity contribution in [2.45, 2.75) is 19.8 Å². The lowest BCUT2D eigenvalue weighted by atomic mass is 10.1. The molecule has 0 fully saturated rings. The molecule has 0 saturated heterocycles. The van der Waals surface area contributed by atoms with Crippen molar-refractivity contribution in [3.8, 4) is 0 Å². The molecule has 1 aromatic heterocycles. The van der Waals surface area contributed by atoms with Gasteiger partial charge in [0.05, 0.1) is 17.4 Å². The van der Waals surface area contributed by atoms with Gasteiger partial charge in [-0.25, -0.2) is 4.98 Å². The van der Waals surface area contributed by atoms with Crippen molar-refractivity contribution in [1.29, 1.82) is 0 Å². The lowest BCUT2D eigenvalue weighted by molar-refractivity contribution is -0.116. The predicted molar refractivity (Wildman–Crippen MR) is 84.2 cm³/mol. The van der Waals surface area contributed by atoms with Gasteiger partial charge in [0.15, 0.2) is 0 Å². The number of H-pyrrole nitrogens is 1. The lowest BCUT2D eigenvalue weighted by Gasteiger charge is -2.05. The Hall–Kier alpha value is -2.62. The zero-order valence-electron chi connectivity index (χ0n) is 11.9. The van der Waals surface area contributed by atoms with Crippen molar-refractivity contribution in [1.82, 2.24) is 9.97 Å². The molecule has 3 aromatic rings. The molecule has 0 unspecified atom stereocenters. The lowest BCUT2D eigenvalue weighted by Crippen LogP contribution is -2.12. The molecule has 0 aliphatic rings. The zero-order chi connectivity index (χ0) is 14.7. The highest BCUT2D eigenvalue weighted by Crippen LogP contribution is 2.16. The topological polar surface area (TPSA) is 57.8 Å². The predicted octanol–water partition coefficient (Wildman–Crippen LogP) is 3.44. The maximum atomic E-state index is 12.0. The fraction of sp³-hybridized carbons (Fsp3) is 0.176. The van der Waals surface area contributed by atoms with Crippen LogP contribution in [0, 0.1) is 6.92 Å². The molecule has 1 amide bonds. The van der Waals surface area contributed by atoms with E-state index in [2.05, 4.69) is 46.5 Å². The Kier molecular flexibility index (Phi) is 3.69. The smallest absolute Gasteiger partial charge is 0.224 e. The first kappa shape index (κ1) is 13.4. The molecule has 0 spiro atoms. The van der Waals surface area contributed by atoms with E-state index >= 15 is 0 Å². The first-order valence-corrected chi connectivity index (χ1v) is 6.99. The summed E-state index contributed by atoms with van der Waals surface area (Å²) in [7, 11) is 0. The summed E-state index contributed by atoms with van der Waals surface area (Å²) in [5, 5.41) is 2.92. The van der Waals surface area contributed by atoms with Gasteiger partial charge >= 0.3 is 0 Å². The van der Waals surface area contributed by atoms with E-state index in [1.165, 1.54) is 11.1 Å². The number of anilines is 1. The minimum atomic E-state index is 0.0226. The number of aryl methyl sites for hydroxylation is 2. The summed E-state index contributed by atoms with van der Waals surface area (Å²) in [6.07, 6.45) is 2.87. The fourth-order valence-corrected chi connectivity index (χ4v) is 2.25. The molecule has 2 aromatic carbocycles. The van der Waals surface area contributed by atoms with Crippen molar-refractivity contribution in [2.75, 3.05) is 5.32 Å². The van der Waals surface area contributed by atoms with E-state index in [4.69, 9.17) is 0 Å². The van der Waals surface area contributed by atoms with Gasteiger partial charge in [0.1, 0.15) is 0 Å². The van der Waals surface area contributed by atoms with Crippen LogP contribution in [-0.2, 0) is 11.2 Å². The van der Waals surface area contributed by atoms with Crippen LogP contribution in [0.15, 0.2) is 48.8 Å². The monoisotopic (exact) mass is 279 g/mol. The number of nitrogens with one attached hydrogen (secondary N) is 2. The summed E-state index contributed by atoms with van der Waals surface area (Å²) >= 11 is 0. The normalized spacial score (nSPS) is 10.7. The highest BCUT2D eigenvalue weighted by Gasteiger charge is 2.04. The third-order valence-corrected chi connectivity index (χ3v) is 3.47. The molecule has 1 heterocycles. The maximum Gasteiger partial charge on any atom is 0.224 e. The molecule has 0 bridgehead atoms. The van der Waals surface area contributed by atoms with Crippen LogP contribution in [-0.4, -0.2) is 15.9 Å². The first-order valence-electron chi connectivity index (χ1n) is 6.99. The second-order valence-corrected chi connectivity index (χ2v) is 5.17. The number of nitrogens with zero attached hydrogens (tertiary/aromatic N) is 1. The van der Waals surface area contributed by atoms with E-state index in [0.717, 1.165) is 23.1 Å². The van der Waals surface area contributed by atoms with Crippen molar-refractivity contribution in [3.63, 3.8) is 0 Å². The second-order valence-electron chi connectivity index (χ2n) is 5.17. The van der Waals surface area contributed by atoms with Crippen LogP contribution < -0.4 is 5.32 Å².